The van der Waals surface area contributed by atoms with Crippen LogP contribution < -0.4 is 10.6 Å². The zero-order valence-electron chi connectivity index (χ0n) is 12.9. The number of ether oxygens (including phenoxy) is 1. The Morgan fingerprint density at radius 2 is 2.05 bits per heavy atom. The topological polar surface area (TPSA) is 36.5 Å². The number of hydrogen-bond donors (Lipinski definition) is 2. The third-order valence-electron chi connectivity index (χ3n) is 3.89. The lowest BCUT2D eigenvalue weighted by Crippen LogP contribution is -2.38. The van der Waals surface area contributed by atoms with Crippen molar-refractivity contribution in [3.8, 4) is 0 Å². The predicted octanol–water partition coefficient (Wildman–Crippen LogP) is 2.31. The summed E-state index contributed by atoms with van der Waals surface area (Å²) >= 11 is 5.35. The van der Waals surface area contributed by atoms with Gasteiger partial charge in [-0.3, -0.25) is 4.90 Å². The summed E-state index contributed by atoms with van der Waals surface area (Å²) in [5, 5.41) is 7.26. The Labute approximate surface area is 132 Å². The first-order valence-corrected chi connectivity index (χ1v) is 7.99. The molecule has 1 aliphatic rings. The number of rotatable bonds is 5. The first kappa shape index (κ1) is 16.2. The molecule has 2 rings (SSSR count). The quantitative estimate of drug-likeness (QED) is 0.645. The Bertz CT molecular complexity index is 473. The van der Waals surface area contributed by atoms with E-state index in [2.05, 4.69) is 41.5 Å². The van der Waals surface area contributed by atoms with Crippen LogP contribution in [-0.2, 0) is 4.74 Å². The van der Waals surface area contributed by atoms with Gasteiger partial charge in [-0.05, 0) is 56.2 Å². The highest BCUT2D eigenvalue weighted by atomic mass is 32.1. The van der Waals surface area contributed by atoms with Crippen molar-refractivity contribution in [2.75, 3.05) is 44.7 Å². The molecule has 0 aliphatic carbocycles. The molecule has 0 amide bonds. The van der Waals surface area contributed by atoms with Crippen molar-refractivity contribution >= 4 is 23.0 Å². The second-order valence-corrected chi connectivity index (χ2v) is 5.84. The average molecular weight is 307 g/mol. The summed E-state index contributed by atoms with van der Waals surface area (Å²) in [4.78, 5) is 2.44. The Morgan fingerprint density at radius 1 is 1.29 bits per heavy atom. The maximum absolute atomic E-state index is 5.35. The zero-order valence-corrected chi connectivity index (χ0v) is 13.8. The molecule has 0 aromatic heterocycles. The molecular formula is C16H25N3OS. The number of nitrogens with one attached hydrogen (secondary N) is 2. The molecule has 2 N–H and O–H groups in total. The van der Waals surface area contributed by atoms with E-state index in [1.165, 1.54) is 11.1 Å². The molecule has 0 spiro atoms. The van der Waals surface area contributed by atoms with Crippen LogP contribution in [0.4, 0.5) is 5.69 Å². The second-order valence-electron chi connectivity index (χ2n) is 5.44. The van der Waals surface area contributed by atoms with Gasteiger partial charge in [0.2, 0.25) is 0 Å². The van der Waals surface area contributed by atoms with Crippen LogP contribution in [-0.4, -0.2) is 49.4 Å². The largest absolute Gasteiger partial charge is 0.379 e. The van der Waals surface area contributed by atoms with Crippen LogP contribution >= 0.6 is 12.2 Å². The molecule has 1 aromatic rings. The summed E-state index contributed by atoms with van der Waals surface area (Å²) in [6, 6.07) is 6.22. The number of hydrogen-bond acceptors (Lipinski definition) is 3. The van der Waals surface area contributed by atoms with Crippen molar-refractivity contribution in [2.24, 2.45) is 0 Å². The minimum absolute atomic E-state index is 0.700. The van der Waals surface area contributed by atoms with Gasteiger partial charge in [-0.15, -0.1) is 0 Å². The summed E-state index contributed by atoms with van der Waals surface area (Å²) in [6.45, 7) is 10.0. The lowest BCUT2D eigenvalue weighted by molar-refractivity contribution is 0.0376. The molecule has 1 aromatic carbocycles. The Kier molecular flexibility index (Phi) is 6.42. The normalized spacial score (nSPS) is 15.7. The van der Waals surface area contributed by atoms with Gasteiger partial charge in [-0.1, -0.05) is 12.1 Å². The Balaban J connectivity index is 1.66. The monoisotopic (exact) mass is 307 g/mol. The van der Waals surface area contributed by atoms with Crippen LogP contribution in [0.2, 0.25) is 0 Å². The maximum Gasteiger partial charge on any atom is 0.170 e. The van der Waals surface area contributed by atoms with Crippen LogP contribution in [0.25, 0.3) is 0 Å². The molecule has 0 radical (unpaired) electrons. The molecule has 21 heavy (non-hydrogen) atoms. The highest BCUT2D eigenvalue weighted by Crippen LogP contribution is 2.17. The smallest absolute Gasteiger partial charge is 0.170 e. The van der Waals surface area contributed by atoms with Crippen molar-refractivity contribution in [3.05, 3.63) is 29.3 Å². The minimum atomic E-state index is 0.700. The molecule has 4 nitrogen and oxygen atoms in total. The standard InChI is InChI=1S/C16H25N3OS/c1-13-5-3-6-15(14(13)2)18-16(21)17-7-4-8-19-9-11-20-12-10-19/h3,5-6H,4,7-12H2,1-2H3,(H2,17,18,21). The lowest BCUT2D eigenvalue weighted by Gasteiger charge is -2.26. The Hall–Kier alpha value is -1.17. The minimum Gasteiger partial charge on any atom is -0.379 e. The number of nitrogens with zero attached hydrogens (tertiary/aromatic N) is 1. The number of morpholine rings is 1. The van der Waals surface area contributed by atoms with Crippen molar-refractivity contribution < 1.29 is 4.74 Å². The molecule has 0 atom stereocenters. The van der Waals surface area contributed by atoms with Crippen molar-refractivity contribution in [3.63, 3.8) is 0 Å². The zero-order chi connectivity index (χ0) is 15.1. The molecule has 1 fully saturated rings. The van der Waals surface area contributed by atoms with Crippen molar-refractivity contribution in [1.82, 2.24) is 10.2 Å². The Morgan fingerprint density at radius 3 is 2.81 bits per heavy atom. The van der Waals surface area contributed by atoms with Crippen LogP contribution in [0.3, 0.4) is 0 Å². The van der Waals surface area contributed by atoms with Gasteiger partial charge in [0.05, 0.1) is 13.2 Å². The van der Waals surface area contributed by atoms with E-state index < -0.39 is 0 Å². The van der Waals surface area contributed by atoms with Crippen LogP contribution in [0.15, 0.2) is 18.2 Å². The third-order valence-corrected chi connectivity index (χ3v) is 4.14. The van der Waals surface area contributed by atoms with E-state index in [9.17, 15) is 0 Å². The summed E-state index contributed by atoms with van der Waals surface area (Å²) in [6.07, 6.45) is 1.09. The van der Waals surface area contributed by atoms with Crippen LogP contribution in [0.5, 0.6) is 0 Å². The maximum atomic E-state index is 5.35. The molecule has 1 saturated heterocycles. The number of thiocarbonyl (C=S) groups is 1. The summed E-state index contributed by atoms with van der Waals surface area (Å²) in [5.74, 6) is 0. The van der Waals surface area contributed by atoms with Crippen molar-refractivity contribution in [1.29, 1.82) is 0 Å². The third kappa shape index (κ3) is 5.26. The molecule has 0 saturated carbocycles. The van der Waals surface area contributed by atoms with E-state index in [1.807, 2.05) is 6.07 Å². The number of aryl methyl sites for hydroxylation is 1. The second kappa shape index (κ2) is 8.32. The predicted molar refractivity (Wildman–Crippen MR) is 92.0 cm³/mol. The van der Waals surface area contributed by atoms with E-state index >= 15 is 0 Å². The molecule has 5 heteroatoms. The summed E-state index contributed by atoms with van der Waals surface area (Å²) in [5.41, 5.74) is 3.60. The lowest BCUT2D eigenvalue weighted by atomic mass is 10.1. The van der Waals surface area contributed by atoms with Gasteiger partial charge >= 0.3 is 0 Å². The van der Waals surface area contributed by atoms with Crippen molar-refractivity contribution in [2.45, 2.75) is 20.3 Å². The van der Waals surface area contributed by atoms with E-state index in [0.717, 1.165) is 51.5 Å². The van der Waals surface area contributed by atoms with Crippen LogP contribution in [0, 0.1) is 13.8 Å². The van der Waals surface area contributed by atoms with Crippen LogP contribution in [0.1, 0.15) is 17.5 Å². The first-order valence-electron chi connectivity index (χ1n) is 7.58. The molecule has 0 unspecified atom stereocenters. The summed E-state index contributed by atoms with van der Waals surface area (Å²) < 4.78 is 5.34. The summed E-state index contributed by atoms with van der Waals surface area (Å²) in [7, 11) is 0. The molecule has 116 valence electrons. The van der Waals surface area contributed by atoms with E-state index in [4.69, 9.17) is 17.0 Å². The highest BCUT2D eigenvalue weighted by molar-refractivity contribution is 7.80. The molecule has 1 aliphatic heterocycles. The average Bonchev–Trinajstić information content (AvgIpc) is 2.49. The van der Waals surface area contributed by atoms with Gasteiger partial charge in [0, 0.05) is 25.3 Å². The van der Waals surface area contributed by atoms with Gasteiger partial charge in [0.25, 0.3) is 0 Å². The molecular weight excluding hydrogens is 282 g/mol. The van der Waals surface area contributed by atoms with Gasteiger partial charge in [0.1, 0.15) is 0 Å². The fourth-order valence-electron chi connectivity index (χ4n) is 2.38. The fourth-order valence-corrected chi connectivity index (χ4v) is 2.59. The van der Waals surface area contributed by atoms with Gasteiger partial charge < -0.3 is 15.4 Å². The first-order chi connectivity index (χ1) is 10.2. The van der Waals surface area contributed by atoms with E-state index in [0.29, 0.717) is 5.11 Å². The fraction of sp³-hybridized carbons (Fsp3) is 0.562. The van der Waals surface area contributed by atoms with E-state index in [1.54, 1.807) is 0 Å². The van der Waals surface area contributed by atoms with Gasteiger partial charge in [-0.2, -0.15) is 0 Å². The van der Waals surface area contributed by atoms with Gasteiger partial charge in [-0.25, -0.2) is 0 Å². The van der Waals surface area contributed by atoms with E-state index in [-0.39, 0.29) is 0 Å². The molecule has 0 bridgehead atoms. The number of benzene rings is 1. The van der Waals surface area contributed by atoms with Gasteiger partial charge in [0.15, 0.2) is 5.11 Å². The highest BCUT2D eigenvalue weighted by Gasteiger charge is 2.09. The molecule has 1 heterocycles. The number of anilines is 1. The SMILES string of the molecule is Cc1cccc(NC(=S)NCCCN2CCOCC2)c1C.